The molecule has 0 radical (unpaired) electrons. The van der Waals surface area contributed by atoms with E-state index in [0.29, 0.717) is 18.6 Å². The highest BCUT2D eigenvalue weighted by atomic mass is 127. The Morgan fingerprint density at radius 2 is 1.43 bits per heavy atom. The van der Waals surface area contributed by atoms with Crippen LogP contribution in [-0.2, 0) is 16.0 Å². The third-order valence-electron chi connectivity index (χ3n) is 3.04. The van der Waals surface area contributed by atoms with Gasteiger partial charge in [-0.25, -0.2) is 0 Å². The Kier molecular flexibility index (Phi) is 11.0. The molecule has 0 aliphatic heterocycles. The maximum atomic E-state index is 10.9. The first-order valence-electron chi connectivity index (χ1n) is 7.44. The van der Waals surface area contributed by atoms with Crippen LogP contribution < -0.4 is 10.5 Å². The number of carboxylic acid groups (broad SMARTS) is 2. The van der Waals surface area contributed by atoms with Gasteiger partial charge in [0.15, 0.2) is 5.75 Å². The van der Waals surface area contributed by atoms with E-state index in [1.807, 2.05) is 12.1 Å². The van der Waals surface area contributed by atoms with E-state index in [1.165, 1.54) is 0 Å². The number of carboxylic acids is 2. The molecule has 0 fully saturated rings. The maximum Gasteiger partial charge on any atom is 0.320 e. The zero-order valence-electron chi connectivity index (χ0n) is 14.2. The Morgan fingerprint density at radius 1 is 1.00 bits per heavy atom. The Morgan fingerprint density at radius 3 is 1.82 bits per heavy atom. The van der Waals surface area contributed by atoms with Gasteiger partial charge < -0.3 is 25.8 Å². The molecule has 0 bridgehead atoms. The second kappa shape index (κ2) is 11.9. The summed E-state index contributed by atoms with van der Waals surface area (Å²) in [5, 5.41) is 26.2. The number of benzene rings is 2. The van der Waals surface area contributed by atoms with E-state index < -0.39 is 18.0 Å². The number of hydrogen-bond acceptors (Lipinski definition) is 5. The molecule has 0 heterocycles. The van der Waals surface area contributed by atoms with Crippen LogP contribution in [0.2, 0.25) is 0 Å². The van der Waals surface area contributed by atoms with Gasteiger partial charge in [-0.15, -0.1) is 0 Å². The number of aromatic hydroxyl groups is 1. The molecule has 1 atom stereocenters. The van der Waals surface area contributed by atoms with Gasteiger partial charge in [-0.1, -0.05) is 0 Å². The molecule has 0 saturated carbocycles. The number of hydrogen-bond donors (Lipinski definition) is 4. The highest BCUT2D eigenvalue weighted by Crippen LogP contribution is 2.36. The maximum absolute atomic E-state index is 10.9. The molecular weight excluding hydrogens is 822 g/mol. The number of phenols is 1. The van der Waals surface area contributed by atoms with E-state index >= 15 is 0 Å². The van der Waals surface area contributed by atoms with Crippen LogP contribution in [0.3, 0.4) is 0 Å². The van der Waals surface area contributed by atoms with Crippen molar-refractivity contribution in [2.24, 2.45) is 5.73 Å². The topological polar surface area (TPSA) is 130 Å². The zero-order chi connectivity index (χ0) is 21.6. The molecule has 0 unspecified atom stereocenters. The lowest BCUT2D eigenvalue weighted by atomic mass is 10.1. The van der Waals surface area contributed by atoms with Crippen LogP contribution in [0.4, 0.5) is 0 Å². The first kappa shape index (κ1) is 25.9. The molecule has 7 nitrogen and oxygen atoms in total. The summed E-state index contributed by atoms with van der Waals surface area (Å²) in [6.07, 6.45) is 0.261. The normalized spacial score (nSPS) is 11.2. The quantitative estimate of drug-likeness (QED) is 0.323. The molecule has 0 aliphatic carbocycles. The zero-order valence-corrected chi connectivity index (χ0v) is 22.9. The fourth-order valence-electron chi connectivity index (χ4n) is 1.89. The summed E-state index contributed by atoms with van der Waals surface area (Å²) in [6, 6.07) is 6.34. The third-order valence-corrected chi connectivity index (χ3v) is 6.29. The predicted octanol–water partition coefficient (Wildman–Crippen LogP) is 4.65. The second-order valence-electron chi connectivity index (χ2n) is 5.39. The number of aliphatic carboxylic acids is 2. The third kappa shape index (κ3) is 8.31. The van der Waals surface area contributed by atoms with Gasteiger partial charge in [-0.2, -0.15) is 0 Å². The summed E-state index contributed by atoms with van der Waals surface area (Å²) in [5.74, 6) is -0.284. The minimum Gasteiger partial charge on any atom is -0.506 e. The predicted molar refractivity (Wildman–Crippen MR) is 138 cm³/mol. The van der Waals surface area contributed by atoms with Gasteiger partial charge in [0.05, 0.1) is 14.3 Å². The van der Waals surface area contributed by atoms with Crippen molar-refractivity contribution in [1.82, 2.24) is 0 Å². The van der Waals surface area contributed by atoms with Crippen molar-refractivity contribution in [3.05, 3.63) is 44.1 Å². The van der Waals surface area contributed by atoms with Crippen LogP contribution >= 0.6 is 90.4 Å². The SMILES string of the molecule is CC(=O)O.N[C@@H](Cc1cc(I)c(Oc2cc(I)c(O)c(I)c2)c(I)c1)C(=O)O. The molecular formula is C17H15I4NO6. The van der Waals surface area contributed by atoms with E-state index in [2.05, 4.69) is 90.4 Å². The Labute approximate surface area is 216 Å². The minimum atomic E-state index is -1.02. The standard InChI is InChI=1S/C15H11I4NO4.C2H4O2/c16-8-4-7(5-9(17)13(8)21)24-14-10(18)1-6(2-11(14)19)3-12(20)15(22)23;1-2(3)4/h1-2,4-5,12,21H,3,20H2,(H,22,23);1H3,(H,3,4)/t12-;/m0./s1. The smallest absolute Gasteiger partial charge is 0.320 e. The van der Waals surface area contributed by atoms with Crippen molar-refractivity contribution >= 4 is 102 Å². The number of nitrogens with two attached hydrogens (primary N) is 1. The molecule has 11 heteroatoms. The average Bonchev–Trinajstić information content (AvgIpc) is 2.55. The van der Waals surface area contributed by atoms with Crippen molar-refractivity contribution in [3.8, 4) is 17.2 Å². The lowest BCUT2D eigenvalue weighted by Crippen LogP contribution is -2.32. The number of halogens is 4. The van der Waals surface area contributed by atoms with Gasteiger partial charge in [0.25, 0.3) is 5.97 Å². The van der Waals surface area contributed by atoms with Crippen molar-refractivity contribution in [2.45, 2.75) is 19.4 Å². The lowest BCUT2D eigenvalue weighted by Gasteiger charge is -2.14. The summed E-state index contributed by atoms with van der Waals surface area (Å²) in [4.78, 5) is 19.9. The fraction of sp³-hybridized carbons (Fsp3) is 0.176. The van der Waals surface area contributed by atoms with Crippen LogP contribution in [0, 0.1) is 14.3 Å². The molecule has 28 heavy (non-hydrogen) atoms. The highest BCUT2D eigenvalue weighted by Gasteiger charge is 2.16. The highest BCUT2D eigenvalue weighted by molar-refractivity contribution is 14.1. The number of rotatable bonds is 5. The molecule has 152 valence electrons. The van der Waals surface area contributed by atoms with Crippen LogP contribution in [-0.4, -0.2) is 33.3 Å². The van der Waals surface area contributed by atoms with Crippen LogP contribution in [0.25, 0.3) is 0 Å². The Balaban J connectivity index is 0.000000892. The van der Waals surface area contributed by atoms with Crippen LogP contribution in [0.1, 0.15) is 12.5 Å². The van der Waals surface area contributed by atoms with Gasteiger partial charge >= 0.3 is 5.97 Å². The number of ether oxygens (including phenoxy) is 1. The van der Waals surface area contributed by atoms with Gasteiger partial charge in [0, 0.05) is 6.92 Å². The van der Waals surface area contributed by atoms with E-state index in [4.69, 9.17) is 25.5 Å². The largest absolute Gasteiger partial charge is 0.506 e. The number of phenolic OH excluding ortho intramolecular Hbond substituents is 1. The molecule has 0 amide bonds. The first-order chi connectivity index (χ1) is 12.9. The van der Waals surface area contributed by atoms with Crippen molar-refractivity contribution < 1.29 is 29.6 Å². The summed E-state index contributed by atoms with van der Waals surface area (Å²) >= 11 is 8.42. The first-order valence-corrected chi connectivity index (χ1v) is 11.8. The van der Waals surface area contributed by atoms with Gasteiger partial charge in [0.1, 0.15) is 17.5 Å². The van der Waals surface area contributed by atoms with Crippen LogP contribution in [0.15, 0.2) is 24.3 Å². The lowest BCUT2D eigenvalue weighted by molar-refractivity contribution is -0.138. The van der Waals surface area contributed by atoms with Gasteiger partial charge in [-0.05, 0) is 127 Å². The number of carbonyl (C=O) groups is 2. The van der Waals surface area contributed by atoms with Gasteiger partial charge in [-0.3, -0.25) is 9.59 Å². The van der Waals surface area contributed by atoms with E-state index in [1.54, 1.807) is 12.1 Å². The van der Waals surface area contributed by atoms with Crippen molar-refractivity contribution in [3.63, 3.8) is 0 Å². The summed E-state index contributed by atoms with van der Waals surface area (Å²) < 4.78 is 9.14. The monoisotopic (exact) mass is 837 g/mol. The summed E-state index contributed by atoms with van der Waals surface area (Å²) in [5.41, 5.74) is 6.44. The van der Waals surface area contributed by atoms with E-state index in [-0.39, 0.29) is 12.2 Å². The van der Waals surface area contributed by atoms with Gasteiger partial charge in [0.2, 0.25) is 0 Å². The molecule has 0 spiro atoms. The van der Waals surface area contributed by atoms with Crippen molar-refractivity contribution in [1.29, 1.82) is 0 Å². The summed E-state index contributed by atoms with van der Waals surface area (Å²) in [7, 11) is 0. The second-order valence-corrected chi connectivity index (χ2v) is 10.0. The average molecular weight is 837 g/mol. The summed E-state index contributed by atoms with van der Waals surface area (Å²) in [6.45, 7) is 1.08. The molecule has 2 aromatic carbocycles. The van der Waals surface area contributed by atoms with Crippen molar-refractivity contribution in [2.75, 3.05) is 0 Å². The molecule has 2 aromatic rings. The van der Waals surface area contributed by atoms with E-state index in [9.17, 15) is 9.90 Å². The molecule has 0 aliphatic rings. The minimum absolute atomic E-state index is 0.242. The molecule has 0 aromatic heterocycles. The molecule has 2 rings (SSSR count). The van der Waals surface area contributed by atoms with E-state index in [0.717, 1.165) is 19.6 Å². The fourth-order valence-corrected chi connectivity index (χ4v) is 5.72. The molecule has 5 N–H and O–H groups in total. The molecule has 0 saturated heterocycles. The Bertz CT molecular complexity index is 840. The Hall–Kier alpha value is -0.140. The van der Waals surface area contributed by atoms with Crippen LogP contribution in [0.5, 0.6) is 17.2 Å².